The van der Waals surface area contributed by atoms with Crippen LogP contribution >= 0.6 is 11.3 Å². The lowest BCUT2D eigenvalue weighted by atomic mass is 10.0. The zero-order valence-electron chi connectivity index (χ0n) is 11.4. The van der Waals surface area contributed by atoms with E-state index in [0.717, 1.165) is 17.8 Å². The second-order valence-corrected chi connectivity index (χ2v) is 7.92. The Balaban J connectivity index is 2.82. The Kier molecular flexibility index (Phi) is 5.33. The van der Waals surface area contributed by atoms with Gasteiger partial charge in [-0.05, 0) is 38.9 Å². The fraction of sp³-hybridized carbons (Fsp3) is 0.667. The molecule has 4 nitrogen and oxygen atoms in total. The third-order valence-corrected chi connectivity index (χ3v) is 6.02. The maximum absolute atomic E-state index is 12.2. The van der Waals surface area contributed by atoms with E-state index in [9.17, 15) is 8.42 Å². The number of nitrogens with one attached hydrogen (secondary N) is 2. The molecule has 0 saturated carbocycles. The Morgan fingerprint density at radius 3 is 2.50 bits per heavy atom. The minimum Gasteiger partial charge on any atom is -0.312 e. The van der Waals surface area contributed by atoms with Crippen LogP contribution in [0.5, 0.6) is 0 Å². The molecule has 1 heterocycles. The smallest absolute Gasteiger partial charge is 0.250 e. The summed E-state index contributed by atoms with van der Waals surface area (Å²) in [5, 5.41) is 3.18. The molecule has 0 fully saturated rings. The molecule has 1 aromatic rings. The van der Waals surface area contributed by atoms with Crippen LogP contribution in [0.15, 0.2) is 16.3 Å². The maximum atomic E-state index is 12.2. The van der Waals surface area contributed by atoms with Gasteiger partial charge in [0.1, 0.15) is 4.21 Å². The van der Waals surface area contributed by atoms with Crippen LogP contribution < -0.4 is 10.0 Å². The normalized spacial score (nSPS) is 12.9. The molecule has 0 aliphatic rings. The van der Waals surface area contributed by atoms with Crippen LogP contribution in [0.2, 0.25) is 0 Å². The topological polar surface area (TPSA) is 58.2 Å². The first-order valence-corrected chi connectivity index (χ1v) is 8.44. The molecule has 0 atom stereocenters. The van der Waals surface area contributed by atoms with Gasteiger partial charge < -0.3 is 5.32 Å². The average molecular weight is 290 g/mol. The summed E-state index contributed by atoms with van der Waals surface area (Å²) >= 11 is 1.32. The summed E-state index contributed by atoms with van der Waals surface area (Å²) < 4.78 is 27.5. The van der Waals surface area contributed by atoms with E-state index >= 15 is 0 Å². The molecule has 0 bridgehead atoms. The van der Waals surface area contributed by atoms with E-state index in [1.54, 1.807) is 6.07 Å². The van der Waals surface area contributed by atoms with Gasteiger partial charge in [0.25, 0.3) is 10.0 Å². The fourth-order valence-electron chi connectivity index (χ4n) is 1.33. The Morgan fingerprint density at radius 1 is 1.28 bits per heavy atom. The van der Waals surface area contributed by atoms with Crippen molar-refractivity contribution < 1.29 is 8.42 Å². The van der Waals surface area contributed by atoms with E-state index in [2.05, 4.69) is 10.0 Å². The Morgan fingerprint density at radius 2 is 1.94 bits per heavy atom. The molecule has 0 saturated heterocycles. The van der Waals surface area contributed by atoms with Crippen molar-refractivity contribution in [2.75, 3.05) is 6.54 Å². The van der Waals surface area contributed by atoms with Crippen LogP contribution in [0.4, 0.5) is 0 Å². The first-order valence-electron chi connectivity index (χ1n) is 6.14. The molecular formula is C12H22N2O2S2. The molecule has 0 amide bonds. The molecule has 1 rings (SSSR count). The third-order valence-electron chi connectivity index (χ3n) is 2.75. The van der Waals surface area contributed by atoms with Crippen LogP contribution in [0.3, 0.4) is 0 Å². The van der Waals surface area contributed by atoms with E-state index in [1.807, 2.05) is 33.8 Å². The van der Waals surface area contributed by atoms with E-state index < -0.39 is 15.6 Å². The van der Waals surface area contributed by atoms with E-state index in [0.29, 0.717) is 10.8 Å². The molecule has 104 valence electrons. The lowest BCUT2D eigenvalue weighted by Crippen LogP contribution is -2.42. The van der Waals surface area contributed by atoms with Gasteiger partial charge in [0.05, 0.1) is 0 Å². The zero-order valence-corrected chi connectivity index (χ0v) is 13.0. The van der Waals surface area contributed by atoms with Crippen molar-refractivity contribution in [2.45, 2.75) is 50.4 Å². The highest BCUT2D eigenvalue weighted by Gasteiger charge is 2.25. The van der Waals surface area contributed by atoms with Gasteiger partial charge in [-0.15, -0.1) is 11.3 Å². The molecule has 0 spiro atoms. The Labute approximate surface area is 114 Å². The molecule has 6 heteroatoms. The van der Waals surface area contributed by atoms with Gasteiger partial charge in [0.15, 0.2) is 0 Å². The molecule has 0 aliphatic carbocycles. The number of hydrogen-bond donors (Lipinski definition) is 2. The van der Waals surface area contributed by atoms with Crippen molar-refractivity contribution in [3.63, 3.8) is 0 Å². The first kappa shape index (κ1) is 15.6. The SMILES string of the molecule is CCNCc1ccc(S(=O)(=O)NC(C)(C)CC)s1. The molecule has 0 aliphatic heterocycles. The number of hydrogen-bond acceptors (Lipinski definition) is 4. The molecule has 0 aromatic carbocycles. The molecular weight excluding hydrogens is 268 g/mol. The highest BCUT2D eigenvalue weighted by Crippen LogP contribution is 2.23. The largest absolute Gasteiger partial charge is 0.312 e. The average Bonchev–Trinajstić information content (AvgIpc) is 2.74. The quantitative estimate of drug-likeness (QED) is 0.810. The van der Waals surface area contributed by atoms with Gasteiger partial charge in [-0.2, -0.15) is 0 Å². The summed E-state index contributed by atoms with van der Waals surface area (Å²) in [6.45, 7) is 9.36. The zero-order chi connectivity index (χ0) is 13.8. The van der Waals surface area contributed by atoms with Gasteiger partial charge in [-0.1, -0.05) is 13.8 Å². The third kappa shape index (κ3) is 4.35. The summed E-state index contributed by atoms with van der Waals surface area (Å²) in [4.78, 5) is 1.03. The number of rotatable bonds is 7. The summed E-state index contributed by atoms with van der Waals surface area (Å²) in [5.74, 6) is 0. The standard InChI is InChI=1S/C12H22N2O2S2/c1-5-12(3,4)14-18(15,16)11-8-7-10(17-11)9-13-6-2/h7-8,13-14H,5-6,9H2,1-4H3. The predicted octanol–water partition coefficient (Wildman–Crippen LogP) is 2.32. The second kappa shape index (κ2) is 6.14. The molecule has 2 N–H and O–H groups in total. The van der Waals surface area contributed by atoms with Crippen LogP contribution in [0.25, 0.3) is 0 Å². The molecule has 0 unspecified atom stereocenters. The highest BCUT2D eigenvalue weighted by molar-refractivity contribution is 7.91. The van der Waals surface area contributed by atoms with Gasteiger partial charge in [0.2, 0.25) is 0 Å². The monoisotopic (exact) mass is 290 g/mol. The van der Waals surface area contributed by atoms with Crippen molar-refractivity contribution in [1.29, 1.82) is 0 Å². The van der Waals surface area contributed by atoms with Crippen LogP contribution in [-0.4, -0.2) is 20.5 Å². The lowest BCUT2D eigenvalue weighted by Gasteiger charge is -2.23. The lowest BCUT2D eigenvalue weighted by molar-refractivity contribution is 0.440. The van der Waals surface area contributed by atoms with Crippen LogP contribution in [0, 0.1) is 0 Å². The van der Waals surface area contributed by atoms with Crippen molar-refractivity contribution in [2.24, 2.45) is 0 Å². The van der Waals surface area contributed by atoms with E-state index in [-0.39, 0.29) is 0 Å². The van der Waals surface area contributed by atoms with E-state index in [4.69, 9.17) is 0 Å². The van der Waals surface area contributed by atoms with Crippen LogP contribution in [-0.2, 0) is 16.6 Å². The van der Waals surface area contributed by atoms with Gasteiger partial charge in [-0.25, -0.2) is 13.1 Å². The van der Waals surface area contributed by atoms with Crippen molar-refractivity contribution >= 4 is 21.4 Å². The van der Waals surface area contributed by atoms with Crippen molar-refractivity contribution in [3.8, 4) is 0 Å². The number of sulfonamides is 1. The minimum atomic E-state index is -3.39. The van der Waals surface area contributed by atoms with Crippen molar-refractivity contribution in [1.82, 2.24) is 10.0 Å². The maximum Gasteiger partial charge on any atom is 0.250 e. The van der Waals surface area contributed by atoms with E-state index in [1.165, 1.54) is 11.3 Å². The molecule has 18 heavy (non-hydrogen) atoms. The fourth-order valence-corrected chi connectivity index (χ4v) is 4.14. The van der Waals surface area contributed by atoms with Crippen molar-refractivity contribution in [3.05, 3.63) is 17.0 Å². The Hall–Kier alpha value is -0.430. The number of thiophene rings is 1. The first-order chi connectivity index (χ1) is 8.30. The second-order valence-electron chi connectivity index (χ2n) is 4.84. The summed E-state index contributed by atoms with van der Waals surface area (Å²) in [5.41, 5.74) is -0.412. The van der Waals surface area contributed by atoms with Crippen LogP contribution in [0.1, 0.15) is 39.0 Å². The molecule has 0 radical (unpaired) electrons. The molecule has 1 aromatic heterocycles. The summed E-state index contributed by atoms with van der Waals surface area (Å²) in [6, 6.07) is 3.53. The predicted molar refractivity (Wildman–Crippen MR) is 76.4 cm³/mol. The Bertz CT molecular complexity index is 478. The minimum absolute atomic E-state index is 0.386. The van der Waals surface area contributed by atoms with Gasteiger partial charge >= 0.3 is 0 Å². The summed E-state index contributed by atoms with van der Waals surface area (Å²) in [7, 11) is -3.39. The summed E-state index contributed by atoms with van der Waals surface area (Å²) in [6.07, 6.45) is 0.752. The van der Waals surface area contributed by atoms with Gasteiger partial charge in [0, 0.05) is 17.0 Å². The highest BCUT2D eigenvalue weighted by atomic mass is 32.2. The van der Waals surface area contributed by atoms with Gasteiger partial charge in [-0.3, -0.25) is 0 Å².